The Bertz CT molecular complexity index is 544. The summed E-state index contributed by atoms with van der Waals surface area (Å²) in [5, 5.41) is 40.2. The highest BCUT2D eigenvalue weighted by Gasteiger charge is 2.29. The molecule has 0 amide bonds. The number of carbonyl (C=O) groups excluding carboxylic acids is 1. The van der Waals surface area contributed by atoms with E-state index in [1.807, 2.05) is 0 Å². The van der Waals surface area contributed by atoms with E-state index in [9.17, 15) is 35.1 Å². The summed E-state index contributed by atoms with van der Waals surface area (Å²) in [6, 6.07) is 0.894. The molecular weight excluding hydrogens is 278 g/mol. The average Bonchev–Trinajstić information content (AvgIpc) is 2.27. The molecule has 1 rings (SSSR count). The van der Waals surface area contributed by atoms with Crippen molar-refractivity contribution in [3.05, 3.63) is 42.5 Å². The number of aromatic hydroxyl groups is 1. The first-order chi connectivity index (χ1) is 9.07. The highest BCUT2D eigenvalue weighted by Crippen LogP contribution is 2.38. The number of Topliss-reactive ketones (excluding diaryl/α,β-unsaturated/α-hetero) is 1. The third-order valence-electron chi connectivity index (χ3n) is 1.66. The van der Waals surface area contributed by atoms with Gasteiger partial charge in [0.05, 0.1) is 26.9 Å². The van der Waals surface area contributed by atoms with Crippen LogP contribution in [-0.4, -0.2) is 25.7 Å². The van der Waals surface area contributed by atoms with Gasteiger partial charge in [-0.1, -0.05) is 0 Å². The number of nitro benzene ring substituents is 3. The van der Waals surface area contributed by atoms with Gasteiger partial charge < -0.3 is 9.90 Å². The quantitative estimate of drug-likeness (QED) is 0.647. The molecule has 1 aromatic rings. The Labute approximate surface area is 110 Å². The third kappa shape index (κ3) is 4.64. The molecule has 0 unspecified atom stereocenters. The maximum atomic E-state index is 10.4. The zero-order chi connectivity index (χ0) is 16.0. The van der Waals surface area contributed by atoms with E-state index in [1.165, 1.54) is 13.8 Å². The maximum Gasteiger partial charge on any atom is 0.324 e. The van der Waals surface area contributed by atoms with Crippen molar-refractivity contribution in [2.75, 3.05) is 0 Å². The van der Waals surface area contributed by atoms with E-state index in [0.29, 0.717) is 12.1 Å². The number of hydrogen-bond donors (Lipinski definition) is 1. The van der Waals surface area contributed by atoms with Crippen molar-refractivity contribution in [2.24, 2.45) is 0 Å². The van der Waals surface area contributed by atoms with Crippen molar-refractivity contribution in [2.45, 2.75) is 13.8 Å². The van der Waals surface area contributed by atoms with E-state index in [0.717, 1.165) is 0 Å². The topological polar surface area (TPSA) is 167 Å². The third-order valence-corrected chi connectivity index (χ3v) is 1.66. The molecule has 0 aromatic heterocycles. The predicted molar refractivity (Wildman–Crippen MR) is 64.4 cm³/mol. The standard InChI is InChI=1S/C6H3N3O7.C3H6O/c10-6-4(8(13)14)1-3(7(11)12)2-5(6)9(15)16;1-3(2)4/h1-2,10H;1-2H3. The monoisotopic (exact) mass is 287 g/mol. The van der Waals surface area contributed by atoms with E-state index in [-0.39, 0.29) is 5.78 Å². The molecule has 0 aliphatic heterocycles. The second kappa shape index (κ2) is 6.72. The predicted octanol–water partition coefficient (Wildman–Crippen LogP) is 1.71. The SMILES string of the molecule is CC(C)=O.O=[N+]([O-])c1cc([N+](=O)[O-])c(O)c([N+](=O)[O-])c1. The van der Waals surface area contributed by atoms with Crippen LogP contribution in [0.1, 0.15) is 13.8 Å². The van der Waals surface area contributed by atoms with Gasteiger partial charge in [0.15, 0.2) is 0 Å². The van der Waals surface area contributed by atoms with Crippen LogP contribution in [0.2, 0.25) is 0 Å². The number of phenols is 1. The molecule has 0 heterocycles. The summed E-state index contributed by atoms with van der Waals surface area (Å²) in [6.45, 7) is 3.06. The highest BCUT2D eigenvalue weighted by molar-refractivity contribution is 5.72. The molecule has 0 aliphatic carbocycles. The molecular formula is C9H9N3O8. The summed E-state index contributed by atoms with van der Waals surface area (Å²) in [4.78, 5) is 37.2. The smallest absolute Gasteiger partial charge is 0.324 e. The fourth-order valence-electron chi connectivity index (χ4n) is 0.974. The Hall–Kier alpha value is -3.11. The number of benzene rings is 1. The zero-order valence-corrected chi connectivity index (χ0v) is 10.3. The van der Waals surface area contributed by atoms with Crippen LogP contribution < -0.4 is 0 Å². The lowest BCUT2D eigenvalue weighted by Crippen LogP contribution is -1.97. The first kappa shape index (κ1) is 16.9. The zero-order valence-electron chi connectivity index (χ0n) is 10.3. The Kier molecular flexibility index (Phi) is 5.68. The molecule has 0 fully saturated rings. The molecule has 0 spiro atoms. The van der Waals surface area contributed by atoms with Crippen LogP contribution >= 0.6 is 0 Å². The van der Waals surface area contributed by atoms with Crippen LogP contribution in [0.25, 0.3) is 0 Å². The first-order valence-corrected chi connectivity index (χ1v) is 4.85. The van der Waals surface area contributed by atoms with Crippen LogP contribution in [0.3, 0.4) is 0 Å². The Morgan fingerprint density at radius 1 is 0.950 bits per heavy atom. The van der Waals surface area contributed by atoms with Crippen molar-refractivity contribution < 1.29 is 24.7 Å². The fraction of sp³-hybridized carbons (Fsp3) is 0.222. The largest absolute Gasteiger partial charge is 0.497 e. The van der Waals surface area contributed by atoms with Gasteiger partial charge in [0.1, 0.15) is 5.78 Å². The molecule has 1 N–H and O–H groups in total. The summed E-state index contributed by atoms with van der Waals surface area (Å²) in [6.07, 6.45) is 0. The molecule has 0 aliphatic rings. The number of ketones is 1. The van der Waals surface area contributed by atoms with Crippen molar-refractivity contribution in [1.29, 1.82) is 0 Å². The molecule has 0 saturated heterocycles. The van der Waals surface area contributed by atoms with Crippen LogP contribution in [-0.2, 0) is 4.79 Å². The molecule has 0 saturated carbocycles. The number of hydrogen-bond acceptors (Lipinski definition) is 8. The summed E-state index contributed by atoms with van der Waals surface area (Å²) < 4.78 is 0. The van der Waals surface area contributed by atoms with Gasteiger partial charge in [0.25, 0.3) is 11.4 Å². The molecule has 108 valence electrons. The van der Waals surface area contributed by atoms with E-state index in [4.69, 9.17) is 5.11 Å². The Morgan fingerprint density at radius 2 is 1.25 bits per heavy atom. The van der Waals surface area contributed by atoms with Gasteiger partial charge in [-0.25, -0.2) is 0 Å². The molecule has 0 bridgehead atoms. The summed E-state index contributed by atoms with van der Waals surface area (Å²) >= 11 is 0. The number of nitro groups is 3. The van der Waals surface area contributed by atoms with E-state index in [1.54, 1.807) is 0 Å². The van der Waals surface area contributed by atoms with E-state index >= 15 is 0 Å². The highest BCUT2D eigenvalue weighted by atomic mass is 16.6. The molecule has 11 heteroatoms. The number of rotatable bonds is 3. The second-order valence-electron chi connectivity index (χ2n) is 3.51. The van der Waals surface area contributed by atoms with Crippen LogP contribution in [0.5, 0.6) is 5.75 Å². The molecule has 20 heavy (non-hydrogen) atoms. The van der Waals surface area contributed by atoms with Gasteiger partial charge >= 0.3 is 11.4 Å². The lowest BCUT2D eigenvalue weighted by molar-refractivity contribution is -0.404. The van der Waals surface area contributed by atoms with Gasteiger partial charge in [0, 0.05) is 0 Å². The van der Waals surface area contributed by atoms with Crippen LogP contribution in [0, 0.1) is 30.3 Å². The fourth-order valence-corrected chi connectivity index (χ4v) is 0.974. The van der Waals surface area contributed by atoms with Gasteiger partial charge in [0.2, 0.25) is 0 Å². The van der Waals surface area contributed by atoms with Crippen molar-refractivity contribution in [3.63, 3.8) is 0 Å². The number of phenolic OH excluding ortho intramolecular Hbond substituents is 1. The summed E-state index contributed by atoms with van der Waals surface area (Å²) in [5.41, 5.74) is -3.00. The van der Waals surface area contributed by atoms with Gasteiger partial charge in [-0.3, -0.25) is 30.3 Å². The first-order valence-electron chi connectivity index (χ1n) is 4.85. The Balaban J connectivity index is 0.000000796. The number of non-ortho nitro benzene ring substituents is 1. The number of nitrogens with zero attached hydrogens (tertiary/aromatic N) is 3. The van der Waals surface area contributed by atoms with E-state index in [2.05, 4.69) is 0 Å². The van der Waals surface area contributed by atoms with Gasteiger partial charge in [-0.15, -0.1) is 0 Å². The Morgan fingerprint density at radius 3 is 1.45 bits per heavy atom. The van der Waals surface area contributed by atoms with Gasteiger partial charge in [-0.05, 0) is 13.8 Å². The molecule has 11 nitrogen and oxygen atoms in total. The minimum Gasteiger partial charge on any atom is -0.497 e. The average molecular weight is 287 g/mol. The maximum absolute atomic E-state index is 10.4. The normalized spacial score (nSPS) is 9.10. The van der Waals surface area contributed by atoms with Gasteiger partial charge in [-0.2, -0.15) is 0 Å². The second-order valence-corrected chi connectivity index (χ2v) is 3.51. The minimum atomic E-state index is -1.21. The van der Waals surface area contributed by atoms with E-state index < -0.39 is 37.6 Å². The van der Waals surface area contributed by atoms with Crippen LogP contribution in [0.4, 0.5) is 17.1 Å². The number of carbonyl (C=O) groups is 1. The molecule has 1 aromatic carbocycles. The van der Waals surface area contributed by atoms with Crippen molar-refractivity contribution >= 4 is 22.8 Å². The molecule has 0 radical (unpaired) electrons. The molecule has 0 atom stereocenters. The minimum absolute atomic E-state index is 0.167. The lowest BCUT2D eigenvalue weighted by Gasteiger charge is -1.97. The van der Waals surface area contributed by atoms with Crippen LogP contribution in [0.15, 0.2) is 12.1 Å². The van der Waals surface area contributed by atoms with Crippen molar-refractivity contribution in [3.8, 4) is 5.75 Å². The summed E-state index contributed by atoms with van der Waals surface area (Å²) in [7, 11) is 0. The lowest BCUT2D eigenvalue weighted by atomic mass is 10.2. The van der Waals surface area contributed by atoms with Crippen molar-refractivity contribution in [1.82, 2.24) is 0 Å². The summed E-state index contributed by atoms with van der Waals surface area (Å²) in [5.74, 6) is -1.04.